The third kappa shape index (κ3) is 4.49. The number of amidine groups is 1. The molecule has 164 valence electrons. The van der Waals surface area contributed by atoms with Crippen molar-refractivity contribution in [3.8, 4) is 17.2 Å². The van der Waals surface area contributed by atoms with Crippen LogP contribution in [0.1, 0.15) is 29.7 Å². The van der Waals surface area contributed by atoms with E-state index in [-0.39, 0.29) is 5.92 Å². The largest absolute Gasteiger partial charge is 0.398 e. The number of hydrogen-bond donors (Lipinski definition) is 4. The average molecular weight is 431 g/mol. The highest BCUT2D eigenvalue weighted by Gasteiger charge is 2.29. The van der Waals surface area contributed by atoms with Gasteiger partial charge >= 0.3 is 0 Å². The zero-order valence-electron chi connectivity index (χ0n) is 18.3. The summed E-state index contributed by atoms with van der Waals surface area (Å²) in [6.45, 7) is 3.28. The second-order valence-corrected chi connectivity index (χ2v) is 7.80. The molecule has 6 N–H and O–H groups in total. The highest BCUT2D eigenvalue weighted by atomic mass is 15.1. The standard InChI is InChI=1S/C23H27N9/c1-15-11-17(13-29-30-15)18-3-4-19(21(27)5-8-24)20(12-25)22(18)32-9-6-16(7-10-32)23(28)31(2)14-26/h3-5,8,11,13-14,16,26,28H,6-7,9-10H2,1-2H3,(H3,24,27)/p+1. The number of nitriles is 1. The molecule has 0 bridgehead atoms. The molecule has 0 amide bonds. The number of aromatic nitrogens is 2. The Labute approximate surface area is 187 Å². The van der Waals surface area contributed by atoms with Gasteiger partial charge in [-0.25, -0.2) is 4.58 Å². The van der Waals surface area contributed by atoms with Gasteiger partial charge in [-0.1, -0.05) is 12.1 Å². The maximum absolute atomic E-state index is 10.1. The van der Waals surface area contributed by atoms with Gasteiger partial charge in [-0.3, -0.25) is 0 Å². The first-order chi connectivity index (χ1) is 15.4. The fourth-order valence-electron chi connectivity index (χ4n) is 4.07. The maximum atomic E-state index is 10.1. The van der Waals surface area contributed by atoms with Crippen LogP contribution in [0.15, 0.2) is 30.5 Å². The molecular formula is C23H28N9+. The number of piperidine rings is 1. The summed E-state index contributed by atoms with van der Waals surface area (Å²) in [4.78, 5) is 2.19. The molecule has 1 fully saturated rings. The van der Waals surface area contributed by atoms with Crippen LogP contribution in [0, 0.1) is 35.0 Å². The van der Waals surface area contributed by atoms with Gasteiger partial charge < -0.3 is 21.8 Å². The van der Waals surface area contributed by atoms with Gasteiger partial charge in [-0.2, -0.15) is 20.9 Å². The molecular weight excluding hydrogens is 402 g/mol. The number of rotatable bonds is 6. The van der Waals surface area contributed by atoms with Gasteiger partial charge in [0.2, 0.25) is 6.34 Å². The van der Waals surface area contributed by atoms with E-state index in [0.29, 0.717) is 35.7 Å². The van der Waals surface area contributed by atoms with Crippen LogP contribution in [0.4, 0.5) is 5.69 Å². The van der Waals surface area contributed by atoms with Crippen molar-refractivity contribution in [3.05, 3.63) is 47.3 Å². The summed E-state index contributed by atoms with van der Waals surface area (Å²) in [7, 11) is 1.78. The van der Waals surface area contributed by atoms with Crippen LogP contribution in [-0.4, -0.2) is 53.3 Å². The second kappa shape index (κ2) is 9.83. The number of aryl methyl sites for hydroxylation is 1. The van der Waals surface area contributed by atoms with Crippen LogP contribution in [0.2, 0.25) is 0 Å². The minimum Gasteiger partial charge on any atom is -0.398 e. The Bertz CT molecular complexity index is 1130. The van der Waals surface area contributed by atoms with Gasteiger partial charge in [0.1, 0.15) is 6.07 Å². The molecule has 1 aromatic carbocycles. The highest BCUT2D eigenvalue weighted by molar-refractivity contribution is 5.91. The lowest BCUT2D eigenvalue weighted by atomic mass is 9.91. The Hall–Kier alpha value is -4.06. The van der Waals surface area contributed by atoms with Crippen LogP contribution in [-0.2, 0) is 0 Å². The van der Waals surface area contributed by atoms with Crippen LogP contribution < -0.4 is 16.4 Å². The number of benzene rings is 1. The van der Waals surface area contributed by atoms with E-state index in [1.54, 1.807) is 17.8 Å². The number of allylic oxidation sites excluding steroid dienone is 1. The molecule has 1 aromatic heterocycles. The third-order valence-corrected chi connectivity index (χ3v) is 5.78. The normalized spacial score (nSPS) is 15.7. The number of nitrogens with zero attached hydrogens (tertiary/aromatic N) is 5. The highest BCUT2D eigenvalue weighted by Crippen LogP contribution is 2.38. The van der Waals surface area contributed by atoms with Gasteiger partial charge in [-0.05, 0) is 31.9 Å². The Kier molecular flexibility index (Phi) is 6.95. The Morgan fingerprint density at radius 3 is 2.59 bits per heavy atom. The molecule has 2 heterocycles. The zero-order valence-corrected chi connectivity index (χ0v) is 18.3. The fraction of sp³-hybridized carbons (Fsp3) is 0.304. The topological polar surface area (TPSA) is 156 Å². The van der Waals surface area contributed by atoms with Crippen molar-refractivity contribution >= 4 is 29.8 Å². The summed E-state index contributed by atoms with van der Waals surface area (Å²) in [5.41, 5.74) is 17.2. The first-order valence-corrected chi connectivity index (χ1v) is 10.3. The van der Waals surface area contributed by atoms with E-state index in [4.69, 9.17) is 22.3 Å². The van der Waals surface area contributed by atoms with Gasteiger partial charge in [0.05, 0.1) is 30.2 Å². The molecule has 0 atom stereocenters. The summed E-state index contributed by atoms with van der Waals surface area (Å²) >= 11 is 0. The van der Waals surface area contributed by atoms with E-state index in [0.717, 1.165) is 41.6 Å². The predicted molar refractivity (Wildman–Crippen MR) is 127 cm³/mol. The van der Waals surface area contributed by atoms with Gasteiger partial charge in [0.25, 0.3) is 0 Å². The van der Waals surface area contributed by atoms with Crippen molar-refractivity contribution in [2.24, 2.45) is 17.4 Å². The molecule has 2 aromatic rings. The minimum atomic E-state index is 0.169. The average Bonchev–Trinajstić information content (AvgIpc) is 2.82. The number of hydrogen-bond acceptors (Lipinski definition) is 7. The maximum Gasteiger partial charge on any atom is 0.216 e. The predicted octanol–water partition coefficient (Wildman–Crippen LogP) is 2.10. The molecule has 0 aliphatic carbocycles. The Balaban J connectivity index is 2.11. The van der Waals surface area contributed by atoms with Crippen molar-refractivity contribution in [1.29, 1.82) is 16.1 Å². The molecule has 3 rings (SSSR count). The first-order valence-electron chi connectivity index (χ1n) is 10.3. The second-order valence-electron chi connectivity index (χ2n) is 7.80. The van der Waals surface area contributed by atoms with Crippen LogP contribution in [0.25, 0.3) is 16.8 Å². The smallest absolute Gasteiger partial charge is 0.216 e. The zero-order chi connectivity index (χ0) is 23.3. The number of nitrogens with two attached hydrogens (primary N) is 2. The van der Waals surface area contributed by atoms with Crippen molar-refractivity contribution < 1.29 is 4.58 Å². The molecule has 0 radical (unpaired) electrons. The lowest BCUT2D eigenvalue weighted by molar-refractivity contribution is -0.366. The van der Waals surface area contributed by atoms with Gasteiger partial charge in [0.15, 0.2) is 5.84 Å². The molecule has 9 nitrogen and oxygen atoms in total. The monoisotopic (exact) mass is 430 g/mol. The molecule has 32 heavy (non-hydrogen) atoms. The van der Waals surface area contributed by atoms with Crippen LogP contribution in [0.3, 0.4) is 0 Å². The van der Waals surface area contributed by atoms with E-state index < -0.39 is 0 Å². The van der Waals surface area contributed by atoms with Crippen LogP contribution in [0.5, 0.6) is 0 Å². The van der Waals surface area contributed by atoms with Crippen molar-refractivity contribution in [2.45, 2.75) is 19.8 Å². The van der Waals surface area contributed by atoms with Crippen molar-refractivity contribution in [2.75, 3.05) is 25.0 Å². The lowest BCUT2D eigenvalue weighted by Gasteiger charge is -2.35. The van der Waals surface area contributed by atoms with Crippen molar-refractivity contribution in [3.63, 3.8) is 0 Å². The Morgan fingerprint density at radius 2 is 2.00 bits per heavy atom. The van der Waals surface area contributed by atoms with E-state index >= 15 is 0 Å². The summed E-state index contributed by atoms with van der Waals surface area (Å²) in [5.74, 6) is 0.851. The fourth-order valence-corrected chi connectivity index (χ4v) is 4.07. The first kappa shape index (κ1) is 22.6. The van der Waals surface area contributed by atoms with E-state index in [2.05, 4.69) is 21.2 Å². The molecule has 0 spiro atoms. The summed E-state index contributed by atoms with van der Waals surface area (Å²) in [6, 6.07) is 8.06. The van der Waals surface area contributed by atoms with Gasteiger partial charge in [0, 0.05) is 47.6 Å². The van der Waals surface area contributed by atoms with E-state index in [1.807, 2.05) is 25.1 Å². The third-order valence-electron chi connectivity index (χ3n) is 5.78. The quantitative estimate of drug-likeness (QED) is 0.312. The summed E-state index contributed by atoms with van der Waals surface area (Å²) in [5, 5.41) is 33.0. The molecule has 0 unspecified atom stereocenters. The molecule has 0 saturated carbocycles. The van der Waals surface area contributed by atoms with Crippen LogP contribution >= 0.6 is 0 Å². The Morgan fingerprint density at radius 1 is 1.28 bits per heavy atom. The van der Waals surface area contributed by atoms with Gasteiger partial charge in [-0.15, -0.1) is 0 Å². The van der Waals surface area contributed by atoms with E-state index in [1.165, 1.54) is 12.4 Å². The number of anilines is 1. The SMILES string of the molecule is Cc1cc(-c2ccc(/C(N)=C/C=N)c(C#N)c2N2CCC(C(N)=[N+](C)C=N)CC2)cnn1. The molecule has 9 heteroatoms. The molecule has 1 aliphatic heterocycles. The summed E-state index contributed by atoms with van der Waals surface area (Å²) < 4.78 is 1.64. The molecule has 1 saturated heterocycles. The summed E-state index contributed by atoms with van der Waals surface area (Å²) in [6.07, 6.45) is 7.11. The molecule has 1 aliphatic rings. The van der Waals surface area contributed by atoms with Crippen molar-refractivity contribution in [1.82, 2.24) is 10.2 Å². The minimum absolute atomic E-state index is 0.169. The number of nitrogens with one attached hydrogen (secondary N) is 2. The lowest BCUT2D eigenvalue weighted by Crippen LogP contribution is -2.42. The van der Waals surface area contributed by atoms with E-state index in [9.17, 15) is 5.26 Å².